The van der Waals surface area contributed by atoms with Crippen LogP contribution in [0.1, 0.15) is 11.1 Å². The van der Waals surface area contributed by atoms with Gasteiger partial charge in [0.15, 0.2) is 5.65 Å². The minimum absolute atomic E-state index is 0.347. The molecule has 0 saturated carbocycles. The zero-order valence-corrected chi connectivity index (χ0v) is 14.1. The fourth-order valence-electron chi connectivity index (χ4n) is 2.88. The molecular weight excluding hydrogens is 312 g/mol. The van der Waals surface area contributed by atoms with E-state index in [-0.39, 0.29) is 0 Å². The van der Waals surface area contributed by atoms with Crippen LogP contribution in [0.25, 0.3) is 16.8 Å². The number of benzene rings is 2. The number of nitrogens with one attached hydrogen (secondary N) is 1. The first-order valence-electron chi connectivity index (χ1n) is 8.09. The lowest BCUT2D eigenvalue weighted by Crippen LogP contribution is -1.93. The molecule has 5 nitrogen and oxygen atoms in total. The van der Waals surface area contributed by atoms with Crippen LogP contribution in [0.15, 0.2) is 60.8 Å². The van der Waals surface area contributed by atoms with Crippen molar-refractivity contribution < 1.29 is 5.11 Å². The highest BCUT2D eigenvalue weighted by atomic mass is 16.3. The molecule has 0 radical (unpaired) electrons. The Morgan fingerprint density at radius 2 is 1.64 bits per heavy atom. The van der Waals surface area contributed by atoms with Gasteiger partial charge in [-0.2, -0.15) is 4.98 Å². The van der Waals surface area contributed by atoms with Gasteiger partial charge in [0.2, 0.25) is 5.95 Å². The first-order valence-corrected chi connectivity index (χ1v) is 8.09. The Balaban J connectivity index is 1.71. The Morgan fingerprint density at radius 3 is 2.36 bits per heavy atom. The van der Waals surface area contributed by atoms with Gasteiger partial charge in [0, 0.05) is 17.4 Å². The minimum Gasteiger partial charge on any atom is -0.507 e. The Kier molecular flexibility index (Phi) is 3.61. The van der Waals surface area contributed by atoms with Crippen LogP contribution in [0.4, 0.5) is 11.6 Å². The number of nitrogens with zero attached hydrogens (tertiary/aromatic N) is 3. The van der Waals surface area contributed by atoms with Crippen LogP contribution >= 0.6 is 0 Å². The first-order chi connectivity index (χ1) is 12.1. The van der Waals surface area contributed by atoms with Crippen molar-refractivity contribution in [1.82, 2.24) is 14.6 Å². The summed E-state index contributed by atoms with van der Waals surface area (Å²) in [6.45, 7) is 3.81. The molecule has 0 aliphatic heterocycles. The van der Waals surface area contributed by atoms with Gasteiger partial charge in [-0.15, -0.1) is 5.10 Å². The van der Waals surface area contributed by atoms with Gasteiger partial charge in [0.1, 0.15) is 5.75 Å². The summed E-state index contributed by atoms with van der Waals surface area (Å²) in [5.74, 6) is 0.904. The van der Waals surface area contributed by atoms with E-state index in [0.717, 1.165) is 33.6 Å². The zero-order chi connectivity index (χ0) is 17.4. The molecule has 0 aliphatic rings. The van der Waals surface area contributed by atoms with Crippen LogP contribution in [-0.4, -0.2) is 19.7 Å². The molecule has 0 fully saturated rings. The molecule has 0 spiro atoms. The largest absolute Gasteiger partial charge is 0.507 e. The standard InChI is InChI=1S/C20H18N4O/c1-13-10-16(11-14(2)19(13)25)15-8-9-18-22-20(23-24(18)12-15)21-17-6-4-3-5-7-17/h3-12,25H,1-2H3,(H,21,23). The lowest BCUT2D eigenvalue weighted by atomic mass is 10.0. The monoisotopic (exact) mass is 330 g/mol. The van der Waals surface area contributed by atoms with Crippen molar-refractivity contribution in [3.63, 3.8) is 0 Å². The maximum atomic E-state index is 9.96. The predicted molar refractivity (Wildman–Crippen MR) is 99.3 cm³/mol. The number of anilines is 2. The number of aromatic nitrogens is 3. The Hall–Kier alpha value is -3.34. The quantitative estimate of drug-likeness (QED) is 0.582. The van der Waals surface area contributed by atoms with Gasteiger partial charge in [-0.25, -0.2) is 4.52 Å². The summed E-state index contributed by atoms with van der Waals surface area (Å²) in [6.07, 6.45) is 1.95. The average Bonchev–Trinajstić information content (AvgIpc) is 3.01. The summed E-state index contributed by atoms with van der Waals surface area (Å²) in [5.41, 5.74) is 5.51. The Bertz CT molecular complexity index is 1030. The van der Waals surface area contributed by atoms with Crippen LogP contribution in [0.5, 0.6) is 5.75 Å². The van der Waals surface area contributed by atoms with Crippen molar-refractivity contribution >= 4 is 17.3 Å². The van der Waals surface area contributed by atoms with Gasteiger partial charge in [0.05, 0.1) is 0 Å². The van der Waals surface area contributed by atoms with Crippen molar-refractivity contribution in [2.75, 3.05) is 5.32 Å². The van der Waals surface area contributed by atoms with Crippen molar-refractivity contribution in [1.29, 1.82) is 0 Å². The second kappa shape index (κ2) is 5.94. The average molecular weight is 330 g/mol. The second-order valence-corrected chi connectivity index (χ2v) is 6.11. The molecule has 0 amide bonds. The van der Waals surface area contributed by atoms with E-state index in [4.69, 9.17) is 0 Å². The lowest BCUT2D eigenvalue weighted by Gasteiger charge is -2.08. The summed E-state index contributed by atoms with van der Waals surface area (Å²) in [6, 6.07) is 17.7. The third kappa shape index (κ3) is 2.92. The number of phenolic OH excluding ortho intramolecular Hbond substituents is 1. The van der Waals surface area contributed by atoms with Crippen LogP contribution in [-0.2, 0) is 0 Å². The van der Waals surface area contributed by atoms with Gasteiger partial charge in [0.25, 0.3) is 0 Å². The minimum atomic E-state index is 0.347. The van der Waals surface area contributed by atoms with Crippen molar-refractivity contribution in [2.24, 2.45) is 0 Å². The summed E-state index contributed by atoms with van der Waals surface area (Å²) in [7, 11) is 0. The molecular formula is C20H18N4O. The summed E-state index contributed by atoms with van der Waals surface area (Å²) in [4.78, 5) is 4.49. The van der Waals surface area contributed by atoms with Crippen molar-refractivity contribution in [2.45, 2.75) is 13.8 Å². The third-order valence-corrected chi connectivity index (χ3v) is 4.19. The molecule has 5 heteroatoms. The van der Waals surface area contributed by atoms with E-state index in [1.165, 1.54) is 0 Å². The first kappa shape index (κ1) is 15.2. The van der Waals surface area contributed by atoms with Crippen LogP contribution in [0.3, 0.4) is 0 Å². The number of hydrogen-bond acceptors (Lipinski definition) is 4. The maximum absolute atomic E-state index is 9.96. The highest BCUT2D eigenvalue weighted by Gasteiger charge is 2.08. The molecule has 2 aromatic heterocycles. The van der Waals surface area contributed by atoms with Gasteiger partial charge < -0.3 is 10.4 Å². The van der Waals surface area contributed by atoms with Crippen LogP contribution in [0, 0.1) is 13.8 Å². The highest BCUT2D eigenvalue weighted by Crippen LogP contribution is 2.29. The highest BCUT2D eigenvalue weighted by molar-refractivity contribution is 5.68. The predicted octanol–water partition coefficient (Wildman–Crippen LogP) is 4.46. The SMILES string of the molecule is Cc1cc(-c2ccc3nc(Nc4ccccc4)nn3c2)cc(C)c1O. The topological polar surface area (TPSA) is 62.5 Å². The van der Waals surface area contributed by atoms with E-state index in [9.17, 15) is 5.11 Å². The molecule has 25 heavy (non-hydrogen) atoms. The number of para-hydroxylation sites is 1. The molecule has 4 rings (SSSR count). The van der Waals surface area contributed by atoms with E-state index >= 15 is 0 Å². The van der Waals surface area contributed by atoms with E-state index in [1.807, 2.05) is 74.6 Å². The molecule has 0 bridgehead atoms. The number of fused-ring (bicyclic) bond motifs is 1. The van der Waals surface area contributed by atoms with Gasteiger partial charge in [-0.05, 0) is 66.9 Å². The van der Waals surface area contributed by atoms with E-state index in [0.29, 0.717) is 11.7 Å². The van der Waals surface area contributed by atoms with E-state index in [2.05, 4.69) is 15.4 Å². The fourth-order valence-corrected chi connectivity index (χ4v) is 2.88. The number of pyridine rings is 1. The summed E-state index contributed by atoms with van der Waals surface area (Å²) in [5, 5.41) is 17.7. The van der Waals surface area contributed by atoms with Crippen LogP contribution in [0.2, 0.25) is 0 Å². The zero-order valence-electron chi connectivity index (χ0n) is 14.1. The normalized spacial score (nSPS) is 11.0. The number of aromatic hydroxyl groups is 1. The molecule has 2 N–H and O–H groups in total. The molecule has 0 unspecified atom stereocenters. The fraction of sp³-hybridized carbons (Fsp3) is 0.100. The van der Waals surface area contributed by atoms with E-state index in [1.54, 1.807) is 4.52 Å². The van der Waals surface area contributed by atoms with Crippen molar-refractivity contribution in [3.05, 3.63) is 71.9 Å². The molecule has 2 aromatic carbocycles. The van der Waals surface area contributed by atoms with Gasteiger partial charge in [-0.3, -0.25) is 0 Å². The molecule has 0 saturated heterocycles. The number of rotatable bonds is 3. The summed E-state index contributed by atoms with van der Waals surface area (Å²) >= 11 is 0. The molecule has 2 heterocycles. The number of aryl methyl sites for hydroxylation is 2. The third-order valence-electron chi connectivity index (χ3n) is 4.19. The second-order valence-electron chi connectivity index (χ2n) is 6.11. The molecule has 4 aromatic rings. The maximum Gasteiger partial charge on any atom is 0.247 e. The Labute approximate surface area is 145 Å². The molecule has 124 valence electrons. The number of phenols is 1. The smallest absolute Gasteiger partial charge is 0.247 e. The molecule has 0 atom stereocenters. The molecule has 0 aliphatic carbocycles. The number of hydrogen-bond donors (Lipinski definition) is 2. The van der Waals surface area contributed by atoms with Crippen LogP contribution < -0.4 is 5.32 Å². The van der Waals surface area contributed by atoms with E-state index < -0.39 is 0 Å². The summed E-state index contributed by atoms with van der Waals surface area (Å²) < 4.78 is 1.76. The van der Waals surface area contributed by atoms with Gasteiger partial charge >= 0.3 is 0 Å². The van der Waals surface area contributed by atoms with Gasteiger partial charge in [-0.1, -0.05) is 18.2 Å². The lowest BCUT2D eigenvalue weighted by molar-refractivity contribution is 0.467. The Morgan fingerprint density at radius 1 is 0.920 bits per heavy atom. The van der Waals surface area contributed by atoms with Crippen molar-refractivity contribution in [3.8, 4) is 16.9 Å².